The standard InChI is InChI=1S/C28H32N2O5S2/c1-5-35-28(32)25-22-8-6-7-9-24(22)36-27(25)29-26(31)21-14-12-20(13-15-21)17-30(37(4,33)34)23-16-18(2)10-11-19(23)3/h10-16H,5-9,17H2,1-4H3,(H,29,31). The van der Waals surface area contributed by atoms with Crippen molar-refractivity contribution < 1.29 is 22.7 Å². The highest BCUT2D eigenvalue weighted by Crippen LogP contribution is 2.39. The van der Waals surface area contributed by atoms with Crippen LogP contribution in [-0.4, -0.2) is 33.2 Å². The van der Waals surface area contributed by atoms with Crippen molar-refractivity contribution in [2.75, 3.05) is 22.5 Å². The number of nitrogens with one attached hydrogen (secondary N) is 1. The van der Waals surface area contributed by atoms with Crippen LogP contribution < -0.4 is 9.62 Å². The number of rotatable bonds is 8. The number of carbonyl (C=O) groups excluding carboxylic acids is 2. The molecular formula is C28H32N2O5S2. The first kappa shape index (κ1) is 26.9. The second-order valence-corrected chi connectivity index (χ2v) is 12.4. The quantitative estimate of drug-likeness (QED) is 0.373. The second kappa shape index (κ2) is 11.1. The molecule has 0 atom stereocenters. The van der Waals surface area contributed by atoms with Crippen molar-refractivity contribution in [1.29, 1.82) is 0 Å². The minimum atomic E-state index is -3.53. The van der Waals surface area contributed by atoms with Gasteiger partial charge in [-0.3, -0.25) is 9.10 Å². The smallest absolute Gasteiger partial charge is 0.341 e. The average molecular weight is 541 g/mol. The summed E-state index contributed by atoms with van der Waals surface area (Å²) >= 11 is 1.45. The van der Waals surface area contributed by atoms with Gasteiger partial charge in [-0.05, 0) is 86.9 Å². The summed E-state index contributed by atoms with van der Waals surface area (Å²) in [5.74, 6) is -0.731. The Balaban J connectivity index is 1.55. The van der Waals surface area contributed by atoms with E-state index < -0.39 is 16.0 Å². The number of thiophene rings is 1. The topological polar surface area (TPSA) is 92.8 Å². The summed E-state index contributed by atoms with van der Waals surface area (Å²) in [6.07, 6.45) is 4.98. The van der Waals surface area contributed by atoms with Gasteiger partial charge in [0.2, 0.25) is 10.0 Å². The summed E-state index contributed by atoms with van der Waals surface area (Å²) in [6.45, 7) is 5.99. The van der Waals surface area contributed by atoms with Crippen LogP contribution in [0.2, 0.25) is 0 Å². The van der Waals surface area contributed by atoms with Crippen LogP contribution in [0.5, 0.6) is 0 Å². The molecule has 196 valence electrons. The number of anilines is 2. The molecule has 1 aliphatic rings. The first-order valence-electron chi connectivity index (χ1n) is 12.4. The Bertz CT molecular complexity index is 1430. The molecule has 37 heavy (non-hydrogen) atoms. The third-order valence-electron chi connectivity index (χ3n) is 6.45. The summed E-state index contributed by atoms with van der Waals surface area (Å²) in [5, 5.41) is 3.45. The lowest BCUT2D eigenvalue weighted by Gasteiger charge is -2.25. The van der Waals surface area contributed by atoms with E-state index >= 15 is 0 Å². The number of sulfonamides is 1. The molecule has 1 heterocycles. The third-order valence-corrected chi connectivity index (χ3v) is 8.79. The van der Waals surface area contributed by atoms with Crippen LogP contribution in [0.3, 0.4) is 0 Å². The van der Waals surface area contributed by atoms with Crippen LogP contribution in [-0.2, 0) is 34.1 Å². The van der Waals surface area contributed by atoms with Gasteiger partial charge in [-0.15, -0.1) is 11.3 Å². The number of nitrogens with zero attached hydrogens (tertiary/aromatic N) is 1. The van der Waals surface area contributed by atoms with Crippen LogP contribution in [0.25, 0.3) is 0 Å². The maximum absolute atomic E-state index is 13.1. The molecule has 0 bridgehead atoms. The van der Waals surface area contributed by atoms with Gasteiger partial charge in [0, 0.05) is 10.4 Å². The van der Waals surface area contributed by atoms with Gasteiger partial charge in [-0.1, -0.05) is 24.3 Å². The summed E-state index contributed by atoms with van der Waals surface area (Å²) in [4.78, 5) is 26.9. The van der Waals surface area contributed by atoms with E-state index in [-0.39, 0.29) is 19.1 Å². The summed E-state index contributed by atoms with van der Waals surface area (Å²) in [6, 6.07) is 12.6. The first-order valence-corrected chi connectivity index (χ1v) is 15.0. The Morgan fingerprint density at radius 3 is 2.43 bits per heavy atom. The van der Waals surface area contributed by atoms with Crippen molar-refractivity contribution in [1.82, 2.24) is 0 Å². The Kier molecular flexibility index (Phi) is 8.04. The van der Waals surface area contributed by atoms with E-state index in [1.54, 1.807) is 31.2 Å². The van der Waals surface area contributed by atoms with E-state index in [0.29, 0.717) is 21.8 Å². The highest BCUT2D eigenvalue weighted by molar-refractivity contribution is 7.92. The number of hydrogen-bond acceptors (Lipinski definition) is 6. The van der Waals surface area contributed by atoms with Crippen molar-refractivity contribution in [2.45, 2.75) is 53.0 Å². The molecule has 0 fully saturated rings. The SMILES string of the molecule is CCOC(=O)c1c(NC(=O)c2ccc(CN(c3cc(C)ccc3C)S(C)(=O)=O)cc2)sc2c1CCCC2. The highest BCUT2D eigenvalue weighted by Gasteiger charge is 2.27. The molecule has 9 heteroatoms. The van der Waals surface area contributed by atoms with E-state index in [2.05, 4.69) is 5.32 Å². The molecule has 1 N–H and O–H groups in total. The minimum Gasteiger partial charge on any atom is -0.462 e. The molecule has 1 amide bonds. The maximum atomic E-state index is 13.1. The van der Waals surface area contributed by atoms with E-state index in [0.717, 1.165) is 52.8 Å². The third kappa shape index (κ3) is 6.05. The van der Waals surface area contributed by atoms with Crippen LogP contribution in [0.15, 0.2) is 42.5 Å². The molecule has 7 nitrogen and oxygen atoms in total. The monoisotopic (exact) mass is 540 g/mol. The molecule has 1 aliphatic carbocycles. The van der Waals surface area contributed by atoms with Gasteiger partial charge in [0.15, 0.2) is 0 Å². The molecule has 3 aromatic rings. The zero-order valence-electron chi connectivity index (χ0n) is 21.6. The predicted molar refractivity (Wildman–Crippen MR) is 148 cm³/mol. The van der Waals surface area contributed by atoms with Crippen LogP contribution in [0.1, 0.15) is 67.6 Å². The van der Waals surface area contributed by atoms with Crippen LogP contribution in [0.4, 0.5) is 10.7 Å². The molecule has 1 aromatic heterocycles. The van der Waals surface area contributed by atoms with Gasteiger partial charge < -0.3 is 10.1 Å². The maximum Gasteiger partial charge on any atom is 0.341 e. The molecule has 2 aromatic carbocycles. The number of aryl methyl sites for hydroxylation is 3. The van der Waals surface area contributed by atoms with Gasteiger partial charge in [-0.25, -0.2) is 13.2 Å². The number of carbonyl (C=O) groups is 2. The van der Waals surface area contributed by atoms with Crippen LogP contribution in [0, 0.1) is 13.8 Å². The van der Waals surface area contributed by atoms with Crippen molar-refractivity contribution in [3.63, 3.8) is 0 Å². The van der Waals surface area contributed by atoms with Crippen molar-refractivity contribution in [3.05, 3.63) is 80.7 Å². The molecule has 4 rings (SSSR count). The fraction of sp³-hybridized carbons (Fsp3) is 0.357. The lowest BCUT2D eigenvalue weighted by atomic mass is 9.95. The molecular weight excluding hydrogens is 508 g/mol. The Labute approximate surface area is 222 Å². The summed E-state index contributed by atoms with van der Waals surface area (Å²) in [5.41, 5.74) is 5.11. The number of benzene rings is 2. The Morgan fingerprint density at radius 2 is 1.76 bits per heavy atom. The van der Waals surface area contributed by atoms with Crippen molar-refractivity contribution in [3.8, 4) is 0 Å². The van der Waals surface area contributed by atoms with Gasteiger partial charge in [0.05, 0.1) is 30.7 Å². The van der Waals surface area contributed by atoms with Crippen molar-refractivity contribution >= 4 is 43.9 Å². The van der Waals surface area contributed by atoms with Gasteiger partial charge in [-0.2, -0.15) is 0 Å². The minimum absolute atomic E-state index is 0.148. The number of esters is 1. The first-order chi connectivity index (χ1) is 17.6. The molecule has 0 spiro atoms. The zero-order valence-corrected chi connectivity index (χ0v) is 23.2. The van der Waals surface area contributed by atoms with E-state index in [9.17, 15) is 18.0 Å². The molecule has 0 saturated heterocycles. The Hall–Kier alpha value is -3.17. The summed E-state index contributed by atoms with van der Waals surface area (Å²) in [7, 11) is -3.53. The van der Waals surface area contributed by atoms with Crippen LogP contribution >= 0.6 is 11.3 Å². The second-order valence-electron chi connectivity index (χ2n) is 9.35. The zero-order chi connectivity index (χ0) is 26.7. The van der Waals surface area contributed by atoms with Gasteiger partial charge in [0.25, 0.3) is 5.91 Å². The number of amides is 1. The fourth-order valence-corrected chi connectivity index (χ4v) is 6.75. The lowest BCUT2D eigenvalue weighted by Crippen LogP contribution is -2.30. The molecule has 0 saturated carbocycles. The predicted octanol–water partition coefficient (Wildman–Crippen LogP) is 5.64. The fourth-order valence-electron chi connectivity index (χ4n) is 4.54. The normalized spacial score (nSPS) is 13.1. The molecule has 0 aliphatic heterocycles. The number of ether oxygens (including phenoxy) is 1. The molecule has 0 unspecified atom stereocenters. The van der Waals surface area contributed by atoms with E-state index in [4.69, 9.17) is 4.74 Å². The summed E-state index contributed by atoms with van der Waals surface area (Å²) < 4.78 is 31.9. The largest absolute Gasteiger partial charge is 0.462 e. The number of hydrogen-bond donors (Lipinski definition) is 1. The van der Waals surface area contributed by atoms with Crippen molar-refractivity contribution in [2.24, 2.45) is 0 Å². The number of fused-ring (bicyclic) bond motifs is 1. The lowest BCUT2D eigenvalue weighted by molar-refractivity contribution is 0.0526. The molecule has 0 radical (unpaired) electrons. The van der Waals surface area contributed by atoms with Gasteiger partial charge in [0.1, 0.15) is 5.00 Å². The highest BCUT2D eigenvalue weighted by atomic mass is 32.2. The average Bonchev–Trinajstić information content (AvgIpc) is 3.22. The Morgan fingerprint density at radius 1 is 1.05 bits per heavy atom. The van der Waals surface area contributed by atoms with E-state index in [1.165, 1.54) is 21.9 Å². The van der Waals surface area contributed by atoms with E-state index in [1.807, 2.05) is 32.0 Å². The van der Waals surface area contributed by atoms with Gasteiger partial charge >= 0.3 is 5.97 Å².